The quantitative estimate of drug-likeness (QED) is 0.638. The lowest BCUT2D eigenvalue weighted by Crippen LogP contribution is -2.53. The second kappa shape index (κ2) is 8.22. The minimum Gasteiger partial charge on any atom is -0.469 e. The largest absolute Gasteiger partial charge is 0.469 e. The summed E-state index contributed by atoms with van der Waals surface area (Å²) in [7, 11) is 1.87. The molecule has 1 aromatic rings. The smallest absolute Gasteiger partial charge is 0.222 e. The maximum atomic E-state index is 11.6. The van der Waals surface area contributed by atoms with Gasteiger partial charge in [-0.05, 0) is 31.4 Å². The van der Waals surface area contributed by atoms with Gasteiger partial charge >= 0.3 is 0 Å². The number of hydrogen-bond acceptors (Lipinski definition) is 3. The Hall–Kier alpha value is -1.98. The fourth-order valence-electron chi connectivity index (χ4n) is 3.45. The van der Waals surface area contributed by atoms with Crippen LogP contribution in [0.1, 0.15) is 44.3 Å². The van der Waals surface area contributed by atoms with Crippen molar-refractivity contribution in [2.45, 2.75) is 57.0 Å². The van der Waals surface area contributed by atoms with Crippen LogP contribution in [-0.2, 0) is 11.2 Å². The van der Waals surface area contributed by atoms with E-state index in [-0.39, 0.29) is 11.9 Å². The Morgan fingerprint density at radius 2 is 2.08 bits per heavy atom. The molecule has 2 aliphatic rings. The number of nitrogens with one attached hydrogen (secondary N) is 2. The first-order valence-electron chi connectivity index (χ1n) is 9.04. The van der Waals surface area contributed by atoms with Crippen LogP contribution in [0.3, 0.4) is 0 Å². The lowest BCUT2D eigenvalue weighted by molar-refractivity contribution is -0.132. The van der Waals surface area contributed by atoms with Crippen molar-refractivity contribution in [3.8, 4) is 0 Å². The van der Waals surface area contributed by atoms with Gasteiger partial charge in [0.25, 0.3) is 0 Å². The van der Waals surface area contributed by atoms with Crippen LogP contribution in [-0.4, -0.2) is 49.0 Å². The molecule has 3 rings (SSSR count). The normalized spacial score (nSPS) is 22.9. The summed E-state index contributed by atoms with van der Waals surface area (Å²) in [5.74, 6) is 2.07. The van der Waals surface area contributed by atoms with Crippen LogP contribution in [0.4, 0.5) is 0 Å². The van der Waals surface area contributed by atoms with Crippen molar-refractivity contribution in [1.29, 1.82) is 0 Å². The van der Waals surface area contributed by atoms with Gasteiger partial charge < -0.3 is 20.0 Å². The van der Waals surface area contributed by atoms with Gasteiger partial charge in [-0.3, -0.25) is 9.79 Å². The highest BCUT2D eigenvalue weighted by atomic mass is 16.3. The van der Waals surface area contributed by atoms with Crippen molar-refractivity contribution >= 4 is 11.9 Å². The van der Waals surface area contributed by atoms with Gasteiger partial charge in [0.15, 0.2) is 5.96 Å². The fraction of sp³-hybridized carbons (Fsp3) is 0.667. The summed E-state index contributed by atoms with van der Waals surface area (Å²) in [6, 6.07) is 4.67. The van der Waals surface area contributed by atoms with Crippen LogP contribution in [0.5, 0.6) is 0 Å². The molecule has 2 fully saturated rings. The second-order valence-corrected chi connectivity index (χ2v) is 6.84. The Bertz CT molecular complexity index is 549. The molecule has 2 heterocycles. The predicted molar refractivity (Wildman–Crippen MR) is 93.9 cm³/mol. The molecule has 1 aromatic heterocycles. The van der Waals surface area contributed by atoms with Crippen LogP contribution in [0.25, 0.3) is 0 Å². The van der Waals surface area contributed by atoms with Crippen LogP contribution >= 0.6 is 0 Å². The van der Waals surface area contributed by atoms with E-state index < -0.39 is 0 Å². The molecule has 2 N–H and O–H groups in total. The number of carbonyl (C=O) groups is 1. The molecule has 1 unspecified atom stereocenters. The summed E-state index contributed by atoms with van der Waals surface area (Å²) in [6.45, 7) is 1.43. The summed E-state index contributed by atoms with van der Waals surface area (Å²) in [6.07, 6.45) is 8.97. The number of hydrogen-bond donors (Lipinski definition) is 2. The molecule has 1 aliphatic heterocycles. The average molecular weight is 332 g/mol. The van der Waals surface area contributed by atoms with Crippen LogP contribution < -0.4 is 10.6 Å². The van der Waals surface area contributed by atoms with Crippen molar-refractivity contribution in [2.75, 3.05) is 20.1 Å². The third kappa shape index (κ3) is 4.76. The van der Waals surface area contributed by atoms with Crippen LogP contribution in [0.2, 0.25) is 0 Å². The lowest BCUT2D eigenvalue weighted by atomic mass is 10.1. The van der Waals surface area contributed by atoms with Crippen LogP contribution in [0, 0.1) is 0 Å². The molecule has 0 aromatic carbocycles. The van der Waals surface area contributed by atoms with E-state index in [0.717, 1.165) is 31.1 Å². The van der Waals surface area contributed by atoms with Crippen LogP contribution in [0.15, 0.2) is 27.8 Å². The molecule has 1 saturated heterocycles. The molecule has 1 saturated carbocycles. The summed E-state index contributed by atoms with van der Waals surface area (Å²) in [5.41, 5.74) is 0. The number of rotatable bonds is 5. The van der Waals surface area contributed by atoms with Crippen molar-refractivity contribution < 1.29 is 9.21 Å². The van der Waals surface area contributed by atoms with Gasteiger partial charge in [-0.1, -0.05) is 12.8 Å². The molecule has 132 valence electrons. The van der Waals surface area contributed by atoms with E-state index in [1.807, 2.05) is 19.2 Å². The van der Waals surface area contributed by atoms with Gasteiger partial charge in [-0.15, -0.1) is 0 Å². The van der Waals surface area contributed by atoms with Gasteiger partial charge in [0.2, 0.25) is 5.91 Å². The zero-order valence-corrected chi connectivity index (χ0v) is 14.5. The number of nitrogens with zero attached hydrogens (tertiary/aromatic N) is 2. The fourth-order valence-corrected chi connectivity index (χ4v) is 3.45. The molecule has 1 aliphatic carbocycles. The maximum absolute atomic E-state index is 11.6. The minimum absolute atomic E-state index is 0.230. The number of piperidine rings is 1. The lowest BCUT2D eigenvalue weighted by Gasteiger charge is -2.31. The second-order valence-electron chi connectivity index (χ2n) is 6.84. The molecule has 6 nitrogen and oxygen atoms in total. The molecule has 1 atom stereocenters. The van der Waals surface area contributed by atoms with E-state index in [1.165, 1.54) is 25.7 Å². The number of amides is 1. The topological polar surface area (TPSA) is 69.9 Å². The SMILES string of the molecule is CN1CC(NC(=NCCc2ccco2)NC2CCCC2)CCC1=O. The number of guanidine groups is 1. The highest BCUT2D eigenvalue weighted by Gasteiger charge is 2.24. The molecule has 24 heavy (non-hydrogen) atoms. The van der Waals surface area contributed by atoms with Gasteiger partial charge in [0.1, 0.15) is 5.76 Å². The van der Waals surface area contributed by atoms with Gasteiger partial charge in [0, 0.05) is 45.1 Å². The van der Waals surface area contributed by atoms with Gasteiger partial charge in [-0.2, -0.15) is 0 Å². The Morgan fingerprint density at radius 3 is 2.79 bits per heavy atom. The van der Waals surface area contributed by atoms with Gasteiger partial charge in [0.05, 0.1) is 6.26 Å². The third-order valence-electron chi connectivity index (χ3n) is 4.87. The first-order valence-corrected chi connectivity index (χ1v) is 9.04. The first kappa shape index (κ1) is 16.9. The number of likely N-dealkylation sites (tertiary alicyclic amines) is 1. The minimum atomic E-state index is 0.230. The summed E-state index contributed by atoms with van der Waals surface area (Å²) < 4.78 is 5.37. The molecule has 0 radical (unpaired) electrons. The van der Waals surface area contributed by atoms with Crippen molar-refractivity contribution in [3.05, 3.63) is 24.2 Å². The zero-order chi connectivity index (χ0) is 16.8. The van der Waals surface area contributed by atoms with Gasteiger partial charge in [-0.25, -0.2) is 0 Å². The molecule has 0 bridgehead atoms. The van der Waals surface area contributed by atoms with E-state index in [9.17, 15) is 4.79 Å². The monoisotopic (exact) mass is 332 g/mol. The van der Waals surface area contributed by atoms with Crippen molar-refractivity contribution in [2.24, 2.45) is 4.99 Å². The Balaban J connectivity index is 1.56. The van der Waals surface area contributed by atoms with E-state index in [2.05, 4.69) is 10.6 Å². The van der Waals surface area contributed by atoms with E-state index in [0.29, 0.717) is 19.0 Å². The highest BCUT2D eigenvalue weighted by molar-refractivity contribution is 5.81. The highest BCUT2D eigenvalue weighted by Crippen LogP contribution is 2.17. The third-order valence-corrected chi connectivity index (χ3v) is 4.87. The molecular weight excluding hydrogens is 304 g/mol. The van der Waals surface area contributed by atoms with Crippen molar-refractivity contribution in [1.82, 2.24) is 15.5 Å². The Morgan fingerprint density at radius 1 is 1.29 bits per heavy atom. The first-order chi connectivity index (χ1) is 11.7. The molecular formula is C18H28N4O2. The number of carbonyl (C=O) groups excluding carboxylic acids is 1. The molecule has 1 amide bonds. The standard InChI is InChI=1S/C18H28N4O2/c1-22-13-15(8-9-17(22)23)21-18(20-14-5-2-3-6-14)19-11-10-16-7-4-12-24-16/h4,7,12,14-15H,2-3,5-6,8-11,13H2,1H3,(H2,19,20,21). The number of aliphatic imine (C=N–C) groups is 1. The average Bonchev–Trinajstić information content (AvgIpc) is 3.24. The maximum Gasteiger partial charge on any atom is 0.222 e. The number of likely N-dealkylation sites (N-methyl/N-ethyl adjacent to an activating group) is 1. The summed E-state index contributed by atoms with van der Waals surface area (Å²) >= 11 is 0. The zero-order valence-electron chi connectivity index (χ0n) is 14.5. The van der Waals surface area contributed by atoms with E-state index in [4.69, 9.17) is 9.41 Å². The van der Waals surface area contributed by atoms with E-state index >= 15 is 0 Å². The summed E-state index contributed by atoms with van der Waals surface area (Å²) in [5, 5.41) is 7.10. The molecule has 6 heteroatoms. The Kier molecular flexibility index (Phi) is 5.77. The van der Waals surface area contributed by atoms with Crippen molar-refractivity contribution in [3.63, 3.8) is 0 Å². The van der Waals surface area contributed by atoms with E-state index in [1.54, 1.807) is 11.2 Å². The molecule has 0 spiro atoms. The predicted octanol–water partition coefficient (Wildman–Crippen LogP) is 1.92. The summed E-state index contributed by atoms with van der Waals surface area (Å²) in [4.78, 5) is 18.2. The number of furan rings is 1. The Labute approximate surface area is 143 Å².